The van der Waals surface area contributed by atoms with Crippen molar-refractivity contribution in [3.8, 4) is 0 Å². The number of rotatable bonds is 4. The van der Waals surface area contributed by atoms with Crippen LogP contribution in [-0.4, -0.2) is 30.4 Å². The van der Waals surface area contributed by atoms with Crippen molar-refractivity contribution < 1.29 is 9.59 Å². The van der Waals surface area contributed by atoms with Gasteiger partial charge in [0, 0.05) is 43.2 Å². The van der Waals surface area contributed by atoms with Gasteiger partial charge in [-0.25, -0.2) is 0 Å². The Kier molecular flexibility index (Phi) is 4.37. The molecule has 0 aliphatic carbocycles. The minimum absolute atomic E-state index is 0.123. The number of benzene rings is 1. The molecule has 0 bridgehead atoms. The van der Waals surface area contributed by atoms with Crippen molar-refractivity contribution in [3.63, 3.8) is 0 Å². The van der Waals surface area contributed by atoms with Crippen molar-refractivity contribution in [1.82, 2.24) is 10.3 Å². The van der Waals surface area contributed by atoms with E-state index < -0.39 is 0 Å². The standard InChI is InChI=1S/C18H19N3O2/c1-19-18(23)14-7-8-20-15(11-14)9-13-10-17(22)21(12-13)16-5-3-2-4-6-16/h2-8,11,13H,9-10,12H2,1H3,(H,19,23). The first-order valence-corrected chi connectivity index (χ1v) is 7.70. The lowest BCUT2D eigenvalue weighted by Gasteiger charge is -2.16. The molecule has 1 fully saturated rings. The predicted octanol–water partition coefficient (Wildman–Crippen LogP) is 2.04. The Labute approximate surface area is 135 Å². The van der Waals surface area contributed by atoms with Crippen LogP contribution in [0.25, 0.3) is 0 Å². The summed E-state index contributed by atoms with van der Waals surface area (Å²) in [5.41, 5.74) is 2.38. The second kappa shape index (κ2) is 6.60. The number of amides is 2. The lowest BCUT2D eigenvalue weighted by molar-refractivity contribution is -0.117. The van der Waals surface area contributed by atoms with E-state index in [0.29, 0.717) is 24.9 Å². The van der Waals surface area contributed by atoms with Gasteiger partial charge in [0.25, 0.3) is 5.91 Å². The largest absolute Gasteiger partial charge is 0.355 e. The number of para-hydroxylation sites is 1. The first kappa shape index (κ1) is 15.2. The van der Waals surface area contributed by atoms with E-state index in [4.69, 9.17) is 0 Å². The van der Waals surface area contributed by atoms with Crippen LogP contribution < -0.4 is 10.2 Å². The lowest BCUT2D eigenvalue weighted by Crippen LogP contribution is -2.24. The third-order valence-corrected chi connectivity index (χ3v) is 4.08. The van der Waals surface area contributed by atoms with Crippen molar-refractivity contribution in [1.29, 1.82) is 0 Å². The molecule has 5 nitrogen and oxygen atoms in total. The molecule has 5 heteroatoms. The van der Waals surface area contributed by atoms with Gasteiger partial charge in [0.05, 0.1) is 0 Å². The zero-order valence-corrected chi connectivity index (χ0v) is 13.0. The number of pyridine rings is 1. The van der Waals surface area contributed by atoms with Gasteiger partial charge in [-0.3, -0.25) is 14.6 Å². The fourth-order valence-electron chi connectivity index (χ4n) is 2.95. The molecule has 118 valence electrons. The fourth-order valence-corrected chi connectivity index (χ4v) is 2.95. The number of anilines is 1. The van der Waals surface area contributed by atoms with E-state index in [-0.39, 0.29) is 17.7 Å². The van der Waals surface area contributed by atoms with Crippen molar-refractivity contribution in [3.05, 3.63) is 59.9 Å². The third kappa shape index (κ3) is 3.39. The van der Waals surface area contributed by atoms with Gasteiger partial charge < -0.3 is 10.2 Å². The number of hydrogen-bond acceptors (Lipinski definition) is 3. The molecule has 1 aliphatic heterocycles. The summed E-state index contributed by atoms with van der Waals surface area (Å²) in [5, 5.41) is 2.61. The lowest BCUT2D eigenvalue weighted by atomic mass is 10.0. The monoisotopic (exact) mass is 309 g/mol. The summed E-state index contributed by atoms with van der Waals surface area (Å²) in [6, 6.07) is 13.2. The SMILES string of the molecule is CNC(=O)c1ccnc(CC2CC(=O)N(c3ccccc3)C2)c1. The molecule has 0 spiro atoms. The van der Waals surface area contributed by atoms with Crippen LogP contribution in [0.3, 0.4) is 0 Å². The van der Waals surface area contributed by atoms with Gasteiger partial charge in [0.15, 0.2) is 0 Å². The van der Waals surface area contributed by atoms with E-state index in [1.807, 2.05) is 35.2 Å². The van der Waals surface area contributed by atoms with E-state index in [2.05, 4.69) is 10.3 Å². The number of carbonyl (C=O) groups excluding carboxylic acids is 2. The summed E-state index contributed by atoms with van der Waals surface area (Å²) < 4.78 is 0. The normalized spacial score (nSPS) is 17.3. The van der Waals surface area contributed by atoms with Crippen LogP contribution in [0.4, 0.5) is 5.69 Å². The van der Waals surface area contributed by atoms with Gasteiger partial charge in [0.1, 0.15) is 0 Å². The highest BCUT2D eigenvalue weighted by Crippen LogP contribution is 2.26. The Balaban J connectivity index is 1.70. The molecule has 2 heterocycles. The van der Waals surface area contributed by atoms with E-state index in [0.717, 1.165) is 11.4 Å². The van der Waals surface area contributed by atoms with Crippen LogP contribution in [-0.2, 0) is 11.2 Å². The Morgan fingerprint density at radius 3 is 2.83 bits per heavy atom. The molecule has 1 atom stereocenters. The highest BCUT2D eigenvalue weighted by atomic mass is 16.2. The summed E-state index contributed by atoms with van der Waals surface area (Å²) >= 11 is 0. The van der Waals surface area contributed by atoms with Gasteiger partial charge in [-0.1, -0.05) is 18.2 Å². The molecule has 1 aliphatic rings. The number of nitrogens with one attached hydrogen (secondary N) is 1. The Bertz CT molecular complexity index is 715. The summed E-state index contributed by atoms with van der Waals surface area (Å²) in [6.07, 6.45) is 2.85. The predicted molar refractivity (Wildman–Crippen MR) is 88.2 cm³/mol. The molecule has 0 radical (unpaired) electrons. The topological polar surface area (TPSA) is 62.3 Å². The van der Waals surface area contributed by atoms with Gasteiger partial charge in [0.2, 0.25) is 5.91 Å². The molecule has 2 amide bonds. The summed E-state index contributed by atoms with van der Waals surface area (Å²) in [5.74, 6) is 0.237. The molecule has 1 saturated heterocycles. The smallest absolute Gasteiger partial charge is 0.251 e. The molecule has 0 saturated carbocycles. The van der Waals surface area contributed by atoms with E-state index in [1.54, 1.807) is 25.4 Å². The first-order chi connectivity index (χ1) is 11.2. The molecule has 23 heavy (non-hydrogen) atoms. The van der Waals surface area contributed by atoms with Crippen LogP contribution in [0.1, 0.15) is 22.5 Å². The van der Waals surface area contributed by atoms with Gasteiger partial charge in [-0.05, 0) is 36.6 Å². The highest BCUT2D eigenvalue weighted by Gasteiger charge is 2.30. The zero-order valence-electron chi connectivity index (χ0n) is 13.0. The minimum Gasteiger partial charge on any atom is -0.355 e. The summed E-state index contributed by atoms with van der Waals surface area (Å²) in [7, 11) is 1.61. The average molecular weight is 309 g/mol. The van der Waals surface area contributed by atoms with E-state index in [9.17, 15) is 9.59 Å². The second-order valence-corrected chi connectivity index (χ2v) is 5.73. The fraction of sp³-hybridized carbons (Fsp3) is 0.278. The van der Waals surface area contributed by atoms with Crippen LogP contribution in [0, 0.1) is 5.92 Å². The number of carbonyl (C=O) groups is 2. The highest BCUT2D eigenvalue weighted by molar-refractivity contribution is 5.96. The van der Waals surface area contributed by atoms with E-state index in [1.165, 1.54) is 0 Å². The number of nitrogens with zero attached hydrogens (tertiary/aromatic N) is 2. The molecular weight excluding hydrogens is 290 g/mol. The van der Waals surface area contributed by atoms with Crippen LogP contribution >= 0.6 is 0 Å². The Morgan fingerprint density at radius 2 is 2.09 bits per heavy atom. The van der Waals surface area contributed by atoms with Gasteiger partial charge >= 0.3 is 0 Å². The third-order valence-electron chi connectivity index (χ3n) is 4.08. The van der Waals surface area contributed by atoms with Crippen LogP contribution in [0.15, 0.2) is 48.7 Å². The van der Waals surface area contributed by atoms with Crippen molar-refractivity contribution in [2.45, 2.75) is 12.8 Å². The number of hydrogen-bond donors (Lipinski definition) is 1. The quantitative estimate of drug-likeness (QED) is 0.940. The maximum atomic E-state index is 12.2. The first-order valence-electron chi connectivity index (χ1n) is 7.70. The maximum absolute atomic E-state index is 12.2. The zero-order chi connectivity index (χ0) is 16.2. The molecule has 1 unspecified atom stereocenters. The maximum Gasteiger partial charge on any atom is 0.251 e. The molecule has 1 N–H and O–H groups in total. The Hall–Kier alpha value is -2.69. The van der Waals surface area contributed by atoms with Crippen molar-refractivity contribution in [2.24, 2.45) is 5.92 Å². The van der Waals surface area contributed by atoms with Gasteiger partial charge in [-0.15, -0.1) is 0 Å². The van der Waals surface area contributed by atoms with Gasteiger partial charge in [-0.2, -0.15) is 0 Å². The molecular formula is C18H19N3O2. The second-order valence-electron chi connectivity index (χ2n) is 5.73. The molecule has 2 aromatic rings. The molecule has 3 rings (SSSR count). The van der Waals surface area contributed by atoms with Crippen molar-refractivity contribution in [2.75, 3.05) is 18.5 Å². The van der Waals surface area contributed by atoms with Crippen LogP contribution in [0.5, 0.6) is 0 Å². The minimum atomic E-state index is -0.123. The van der Waals surface area contributed by atoms with Crippen molar-refractivity contribution >= 4 is 17.5 Å². The summed E-state index contributed by atoms with van der Waals surface area (Å²) in [6.45, 7) is 0.689. The number of aromatic nitrogens is 1. The Morgan fingerprint density at radius 1 is 1.30 bits per heavy atom. The molecule has 1 aromatic carbocycles. The average Bonchev–Trinajstić information content (AvgIpc) is 2.95. The van der Waals surface area contributed by atoms with Crippen LogP contribution in [0.2, 0.25) is 0 Å². The molecule has 1 aromatic heterocycles. The van der Waals surface area contributed by atoms with E-state index >= 15 is 0 Å². The summed E-state index contributed by atoms with van der Waals surface area (Å²) in [4.78, 5) is 30.1.